The quantitative estimate of drug-likeness (QED) is 0.359. The van der Waals surface area contributed by atoms with Crippen LogP contribution in [-0.4, -0.2) is 11.7 Å². The van der Waals surface area contributed by atoms with E-state index < -0.39 is 0 Å². The van der Waals surface area contributed by atoms with Crippen molar-refractivity contribution in [2.24, 2.45) is 0 Å². The first kappa shape index (κ1) is 9.56. The first-order valence-corrected chi connectivity index (χ1v) is 3.97. The molecule has 0 spiro atoms. The SMILES string of the molecule is CC(=O)OSCC=C(C)C. The molecule has 2 nitrogen and oxygen atoms in total. The fraction of sp³-hybridized carbons (Fsp3) is 0.571. The Morgan fingerprint density at radius 3 is 2.50 bits per heavy atom. The highest BCUT2D eigenvalue weighted by molar-refractivity contribution is 7.95. The van der Waals surface area contributed by atoms with E-state index in [4.69, 9.17) is 0 Å². The van der Waals surface area contributed by atoms with Gasteiger partial charge in [-0.3, -0.25) is 4.79 Å². The predicted octanol–water partition coefficient (Wildman–Crippen LogP) is 2.16. The first-order valence-electron chi connectivity index (χ1n) is 3.06. The van der Waals surface area contributed by atoms with Crippen LogP contribution in [0.15, 0.2) is 11.6 Å². The number of carbonyl (C=O) groups is 1. The van der Waals surface area contributed by atoms with Crippen molar-refractivity contribution in [3.05, 3.63) is 11.6 Å². The van der Waals surface area contributed by atoms with Crippen molar-refractivity contribution in [1.82, 2.24) is 0 Å². The van der Waals surface area contributed by atoms with E-state index in [0.29, 0.717) is 0 Å². The second-order valence-corrected chi connectivity index (χ2v) is 2.88. The molecule has 0 fully saturated rings. The number of hydrogen-bond acceptors (Lipinski definition) is 3. The van der Waals surface area contributed by atoms with E-state index >= 15 is 0 Å². The lowest BCUT2D eigenvalue weighted by molar-refractivity contribution is -0.130. The summed E-state index contributed by atoms with van der Waals surface area (Å²) in [7, 11) is 0. The van der Waals surface area contributed by atoms with Crippen molar-refractivity contribution >= 4 is 18.0 Å². The number of hydrogen-bond donors (Lipinski definition) is 0. The molecular formula is C7H12O2S. The van der Waals surface area contributed by atoms with Crippen LogP contribution >= 0.6 is 12.0 Å². The maximum Gasteiger partial charge on any atom is 0.314 e. The third-order valence-electron chi connectivity index (χ3n) is 0.736. The molecule has 0 bridgehead atoms. The van der Waals surface area contributed by atoms with E-state index in [9.17, 15) is 4.79 Å². The van der Waals surface area contributed by atoms with Crippen molar-refractivity contribution in [2.45, 2.75) is 20.8 Å². The summed E-state index contributed by atoms with van der Waals surface area (Å²) in [5.41, 5.74) is 1.24. The van der Waals surface area contributed by atoms with E-state index in [-0.39, 0.29) is 5.97 Å². The third-order valence-corrected chi connectivity index (χ3v) is 1.39. The van der Waals surface area contributed by atoms with Gasteiger partial charge in [0.25, 0.3) is 0 Å². The predicted molar refractivity (Wildman–Crippen MR) is 43.7 cm³/mol. The molecule has 0 N–H and O–H groups in total. The van der Waals surface area contributed by atoms with Gasteiger partial charge in [0, 0.05) is 6.92 Å². The average Bonchev–Trinajstić information content (AvgIpc) is 1.79. The summed E-state index contributed by atoms with van der Waals surface area (Å²) in [4.78, 5) is 10.2. The zero-order valence-electron chi connectivity index (χ0n) is 6.51. The average molecular weight is 160 g/mol. The van der Waals surface area contributed by atoms with E-state index in [2.05, 4.69) is 4.18 Å². The highest BCUT2D eigenvalue weighted by Crippen LogP contribution is 2.04. The van der Waals surface area contributed by atoms with Gasteiger partial charge in [0.1, 0.15) is 0 Å². The molecular weight excluding hydrogens is 148 g/mol. The highest BCUT2D eigenvalue weighted by Gasteiger charge is 1.90. The van der Waals surface area contributed by atoms with Crippen LogP contribution in [0.25, 0.3) is 0 Å². The summed E-state index contributed by atoms with van der Waals surface area (Å²) in [6, 6.07) is 0. The largest absolute Gasteiger partial charge is 0.391 e. The minimum atomic E-state index is -0.243. The molecule has 10 heavy (non-hydrogen) atoms. The van der Waals surface area contributed by atoms with Crippen molar-refractivity contribution in [2.75, 3.05) is 5.75 Å². The number of allylic oxidation sites excluding steroid dienone is 1. The van der Waals surface area contributed by atoms with Crippen LogP contribution in [0.3, 0.4) is 0 Å². The van der Waals surface area contributed by atoms with Crippen LogP contribution in [-0.2, 0) is 8.98 Å². The van der Waals surface area contributed by atoms with E-state index in [1.807, 2.05) is 19.9 Å². The summed E-state index contributed by atoms with van der Waals surface area (Å²) < 4.78 is 4.63. The summed E-state index contributed by atoms with van der Waals surface area (Å²) >= 11 is 1.16. The summed E-state index contributed by atoms with van der Waals surface area (Å²) in [5.74, 6) is 0.495. The molecule has 58 valence electrons. The Balaban J connectivity index is 3.21. The number of carbonyl (C=O) groups excluding carboxylic acids is 1. The lowest BCUT2D eigenvalue weighted by Crippen LogP contribution is -1.89. The van der Waals surface area contributed by atoms with E-state index in [1.165, 1.54) is 12.5 Å². The maximum atomic E-state index is 10.2. The smallest absolute Gasteiger partial charge is 0.314 e. The van der Waals surface area contributed by atoms with Gasteiger partial charge in [-0.25, -0.2) is 0 Å². The zero-order chi connectivity index (χ0) is 7.98. The molecule has 0 aromatic carbocycles. The van der Waals surface area contributed by atoms with Crippen molar-refractivity contribution < 1.29 is 8.98 Å². The van der Waals surface area contributed by atoms with Crippen molar-refractivity contribution in [3.63, 3.8) is 0 Å². The number of rotatable bonds is 3. The van der Waals surface area contributed by atoms with Gasteiger partial charge in [0.2, 0.25) is 0 Å². The minimum Gasteiger partial charge on any atom is -0.391 e. The van der Waals surface area contributed by atoms with Gasteiger partial charge >= 0.3 is 5.97 Å². The molecule has 0 heterocycles. The molecule has 0 aromatic heterocycles. The minimum absolute atomic E-state index is 0.243. The van der Waals surface area contributed by atoms with Gasteiger partial charge in [0.05, 0.1) is 17.8 Å². The Kier molecular flexibility index (Phi) is 5.12. The second-order valence-electron chi connectivity index (χ2n) is 2.14. The van der Waals surface area contributed by atoms with Crippen molar-refractivity contribution in [3.8, 4) is 0 Å². The molecule has 0 unspecified atom stereocenters. The van der Waals surface area contributed by atoms with Crippen molar-refractivity contribution in [1.29, 1.82) is 0 Å². The first-order chi connectivity index (χ1) is 4.63. The Bertz CT molecular complexity index is 137. The Hall–Kier alpha value is -0.440. The van der Waals surface area contributed by atoms with Crippen LogP contribution in [0.1, 0.15) is 20.8 Å². The Morgan fingerprint density at radius 1 is 1.50 bits per heavy atom. The highest BCUT2D eigenvalue weighted by atomic mass is 32.2. The van der Waals surface area contributed by atoms with Gasteiger partial charge in [-0.2, -0.15) is 0 Å². The fourth-order valence-corrected chi connectivity index (χ4v) is 0.953. The van der Waals surface area contributed by atoms with E-state index in [0.717, 1.165) is 17.8 Å². The molecule has 0 aromatic rings. The summed E-state index contributed by atoms with van der Waals surface area (Å²) in [6.45, 7) is 5.41. The van der Waals surface area contributed by atoms with E-state index in [1.54, 1.807) is 0 Å². The monoisotopic (exact) mass is 160 g/mol. The molecule has 0 saturated carbocycles. The van der Waals surface area contributed by atoms with Gasteiger partial charge in [-0.1, -0.05) is 11.6 Å². The molecule has 0 aliphatic heterocycles. The Morgan fingerprint density at radius 2 is 2.10 bits per heavy atom. The molecule has 0 aliphatic carbocycles. The summed E-state index contributed by atoms with van der Waals surface area (Å²) in [6.07, 6.45) is 2.01. The normalized spacial score (nSPS) is 8.70. The second kappa shape index (κ2) is 5.35. The molecule has 0 amide bonds. The van der Waals surface area contributed by atoms with Gasteiger partial charge < -0.3 is 4.18 Å². The topological polar surface area (TPSA) is 26.3 Å². The molecule has 0 atom stereocenters. The third kappa shape index (κ3) is 7.56. The van der Waals surface area contributed by atoms with Gasteiger partial charge in [-0.05, 0) is 13.8 Å². The molecule has 3 heteroatoms. The molecule has 0 radical (unpaired) electrons. The zero-order valence-corrected chi connectivity index (χ0v) is 7.33. The van der Waals surface area contributed by atoms with Crippen LogP contribution in [0, 0.1) is 0 Å². The molecule has 0 aliphatic rings. The van der Waals surface area contributed by atoms with Crippen LogP contribution in [0.4, 0.5) is 0 Å². The van der Waals surface area contributed by atoms with Crippen LogP contribution in [0.5, 0.6) is 0 Å². The molecule has 0 rings (SSSR count). The van der Waals surface area contributed by atoms with Crippen LogP contribution < -0.4 is 0 Å². The lowest BCUT2D eigenvalue weighted by Gasteiger charge is -1.94. The van der Waals surface area contributed by atoms with Crippen LogP contribution in [0.2, 0.25) is 0 Å². The lowest BCUT2D eigenvalue weighted by atomic mass is 10.3. The summed E-state index contributed by atoms with van der Waals surface area (Å²) in [5, 5.41) is 0. The van der Waals surface area contributed by atoms with Gasteiger partial charge in [0.15, 0.2) is 0 Å². The standard InChI is InChI=1S/C7H12O2S/c1-6(2)4-5-10-9-7(3)8/h4H,5H2,1-3H3. The molecule has 0 saturated heterocycles. The Labute approximate surface area is 65.8 Å². The fourth-order valence-electron chi connectivity index (χ4n) is 0.318. The van der Waals surface area contributed by atoms with Gasteiger partial charge in [-0.15, -0.1) is 0 Å². The maximum absolute atomic E-state index is 10.2.